The summed E-state index contributed by atoms with van der Waals surface area (Å²) < 4.78 is 1.81. The molecule has 2 heterocycles. The zero-order chi connectivity index (χ0) is 20.5. The number of carbonyl (C=O) groups is 1. The highest BCUT2D eigenvalue weighted by molar-refractivity contribution is 7.19. The van der Waals surface area contributed by atoms with Crippen molar-refractivity contribution in [3.63, 3.8) is 0 Å². The van der Waals surface area contributed by atoms with Crippen molar-refractivity contribution in [3.05, 3.63) is 73.9 Å². The molecule has 2 aromatic heterocycles. The van der Waals surface area contributed by atoms with Crippen molar-refractivity contribution in [3.8, 4) is 11.3 Å². The van der Waals surface area contributed by atoms with E-state index in [2.05, 4.69) is 15.4 Å². The number of aromatic nitrogens is 3. The third kappa shape index (κ3) is 4.17. The minimum Gasteiger partial charge on any atom is -0.324 e. The monoisotopic (exact) mass is 444 g/mol. The summed E-state index contributed by atoms with van der Waals surface area (Å²) in [5.74, 6) is -0.393. The van der Waals surface area contributed by atoms with E-state index < -0.39 is 11.5 Å². The summed E-state index contributed by atoms with van der Waals surface area (Å²) >= 11 is 13.3. The van der Waals surface area contributed by atoms with Gasteiger partial charge in [-0.3, -0.25) is 9.59 Å². The lowest BCUT2D eigenvalue weighted by Crippen LogP contribution is -2.30. The molecular formula is C20H14Cl2N4O2S. The first-order valence-corrected chi connectivity index (χ1v) is 10.2. The van der Waals surface area contributed by atoms with Crippen LogP contribution in [0.25, 0.3) is 21.5 Å². The van der Waals surface area contributed by atoms with Crippen LogP contribution in [0.5, 0.6) is 0 Å². The number of thiazole rings is 1. The molecule has 0 unspecified atom stereocenters. The Labute approximate surface area is 179 Å². The van der Waals surface area contributed by atoms with Crippen LogP contribution < -0.4 is 10.9 Å². The normalized spacial score (nSPS) is 11.0. The van der Waals surface area contributed by atoms with Crippen LogP contribution in [-0.4, -0.2) is 20.7 Å². The predicted octanol–water partition coefficient (Wildman–Crippen LogP) is 4.77. The molecule has 0 spiro atoms. The fraction of sp³-hybridized carbons (Fsp3) is 0.100. The van der Waals surface area contributed by atoms with Gasteiger partial charge in [0.25, 0.3) is 5.56 Å². The number of hydrogen-bond donors (Lipinski definition) is 1. The third-order valence-electron chi connectivity index (χ3n) is 4.13. The second-order valence-electron chi connectivity index (χ2n) is 6.29. The highest BCUT2D eigenvalue weighted by atomic mass is 35.5. The molecule has 4 rings (SSSR count). The molecule has 29 heavy (non-hydrogen) atoms. The van der Waals surface area contributed by atoms with Gasteiger partial charge in [-0.15, -0.1) is 11.3 Å². The van der Waals surface area contributed by atoms with Gasteiger partial charge in [-0.25, -0.2) is 9.67 Å². The van der Waals surface area contributed by atoms with Gasteiger partial charge in [0.05, 0.1) is 9.71 Å². The maximum absolute atomic E-state index is 12.8. The standard InChI is InChI=1S/C20H14Cl2N4O2S/c1-11-23-18-19(29-11)17(12-5-7-13(21)8-6-12)25-26(20(18)28)10-16(27)24-15-4-2-3-14(22)9-15/h2-9H,10H2,1H3,(H,24,27). The predicted molar refractivity (Wildman–Crippen MR) is 117 cm³/mol. The molecule has 6 nitrogen and oxygen atoms in total. The highest BCUT2D eigenvalue weighted by Gasteiger charge is 2.18. The summed E-state index contributed by atoms with van der Waals surface area (Å²) in [6.45, 7) is 1.57. The highest BCUT2D eigenvalue weighted by Crippen LogP contribution is 2.30. The van der Waals surface area contributed by atoms with Crippen molar-refractivity contribution >= 4 is 56.3 Å². The van der Waals surface area contributed by atoms with Crippen LogP contribution in [0.15, 0.2) is 53.3 Å². The number of nitrogens with one attached hydrogen (secondary N) is 1. The molecule has 9 heteroatoms. The second kappa shape index (κ2) is 7.94. The number of benzene rings is 2. The number of carbonyl (C=O) groups excluding carboxylic acids is 1. The number of rotatable bonds is 4. The Hall–Kier alpha value is -2.74. The molecule has 0 saturated heterocycles. The zero-order valence-electron chi connectivity index (χ0n) is 15.1. The molecular weight excluding hydrogens is 431 g/mol. The molecule has 4 aromatic rings. The molecule has 0 fully saturated rings. The topological polar surface area (TPSA) is 76.9 Å². The van der Waals surface area contributed by atoms with Crippen LogP contribution in [0.4, 0.5) is 5.69 Å². The van der Waals surface area contributed by atoms with Crippen molar-refractivity contribution in [2.75, 3.05) is 5.32 Å². The summed E-state index contributed by atoms with van der Waals surface area (Å²) in [5, 5.41) is 9.02. The average molecular weight is 445 g/mol. The summed E-state index contributed by atoms with van der Waals surface area (Å²) in [7, 11) is 0. The van der Waals surface area contributed by atoms with Crippen LogP contribution in [0, 0.1) is 6.92 Å². The van der Waals surface area contributed by atoms with Crippen LogP contribution in [0.3, 0.4) is 0 Å². The molecule has 0 bridgehead atoms. The van der Waals surface area contributed by atoms with E-state index in [-0.39, 0.29) is 6.54 Å². The van der Waals surface area contributed by atoms with Gasteiger partial charge < -0.3 is 5.32 Å². The van der Waals surface area contributed by atoms with Gasteiger partial charge in [-0.05, 0) is 37.3 Å². The minimum atomic E-state index is -0.414. The van der Waals surface area contributed by atoms with Crippen molar-refractivity contribution in [2.24, 2.45) is 0 Å². The Bertz CT molecular complexity index is 1280. The Morgan fingerprint density at radius 3 is 2.62 bits per heavy atom. The first kappa shape index (κ1) is 19.6. The van der Waals surface area contributed by atoms with Crippen LogP contribution in [0.1, 0.15) is 5.01 Å². The van der Waals surface area contributed by atoms with E-state index >= 15 is 0 Å². The lowest BCUT2D eigenvalue weighted by Gasteiger charge is -2.09. The summed E-state index contributed by atoms with van der Waals surface area (Å²) in [4.78, 5) is 29.7. The first-order valence-electron chi connectivity index (χ1n) is 8.60. The largest absolute Gasteiger partial charge is 0.324 e. The van der Waals surface area contributed by atoms with Crippen molar-refractivity contribution in [1.82, 2.24) is 14.8 Å². The molecule has 1 amide bonds. The Morgan fingerprint density at radius 2 is 1.90 bits per heavy atom. The van der Waals surface area contributed by atoms with E-state index in [4.69, 9.17) is 23.2 Å². The van der Waals surface area contributed by atoms with Crippen molar-refractivity contribution in [2.45, 2.75) is 13.5 Å². The number of hydrogen-bond acceptors (Lipinski definition) is 5. The maximum Gasteiger partial charge on any atom is 0.294 e. The fourth-order valence-corrected chi connectivity index (χ4v) is 4.11. The smallest absolute Gasteiger partial charge is 0.294 e. The Balaban J connectivity index is 1.74. The van der Waals surface area contributed by atoms with E-state index in [0.717, 1.165) is 15.3 Å². The van der Waals surface area contributed by atoms with Gasteiger partial charge >= 0.3 is 0 Å². The SMILES string of the molecule is Cc1nc2c(=O)n(CC(=O)Nc3cccc(Cl)c3)nc(-c3ccc(Cl)cc3)c2s1. The first-order chi connectivity index (χ1) is 13.9. The maximum atomic E-state index is 12.8. The molecule has 1 N–H and O–H groups in total. The van der Waals surface area contributed by atoms with E-state index in [1.165, 1.54) is 11.3 Å². The van der Waals surface area contributed by atoms with Gasteiger partial charge in [0.1, 0.15) is 12.2 Å². The molecule has 0 aliphatic carbocycles. The fourth-order valence-electron chi connectivity index (χ4n) is 2.87. The second-order valence-corrected chi connectivity index (χ2v) is 8.36. The Kier molecular flexibility index (Phi) is 5.36. The average Bonchev–Trinajstić information content (AvgIpc) is 3.07. The van der Waals surface area contributed by atoms with E-state index in [1.807, 2.05) is 19.1 Å². The van der Waals surface area contributed by atoms with E-state index in [0.29, 0.717) is 31.6 Å². The lowest BCUT2D eigenvalue weighted by molar-refractivity contribution is -0.117. The molecule has 2 aromatic carbocycles. The number of amides is 1. The van der Waals surface area contributed by atoms with Crippen molar-refractivity contribution < 1.29 is 4.79 Å². The van der Waals surface area contributed by atoms with Gasteiger partial charge in [0, 0.05) is 21.3 Å². The molecule has 0 radical (unpaired) electrons. The van der Waals surface area contributed by atoms with Crippen LogP contribution in [0.2, 0.25) is 10.0 Å². The number of fused-ring (bicyclic) bond motifs is 1. The summed E-state index contributed by atoms with van der Waals surface area (Å²) in [5.41, 5.74) is 1.79. The summed E-state index contributed by atoms with van der Waals surface area (Å²) in [6.07, 6.45) is 0. The van der Waals surface area contributed by atoms with E-state index in [9.17, 15) is 9.59 Å². The number of aryl methyl sites for hydroxylation is 1. The Morgan fingerprint density at radius 1 is 1.14 bits per heavy atom. The molecule has 0 aliphatic rings. The number of nitrogens with zero attached hydrogens (tertiary/aromatic N) is 3. The third-order valence-corrected chi connectivity index (χ3v) is 5.59. The van der Waals surface area contributed by atoms with Crippen molar-refractivity contribution in [1.29, 1.82) is 0 Å². The van der Waals surface area contributed by atoms with E-state index in [1.54, 1.807) is 36.4 Å². The number of halogens is 2. The number of anilines is 1. The van der Waals surface area contributed by atoms with Crippen LogP contribution >= 0.6 is 34.5 Å². The minimum absolute atomic E-state index is 0.252. The zero-order valence-corrected chi connectivity index (χ0v) is 17.5. The van der Waals surface area contributed by atoms with Gasteiger partial charge in [-0.2, -0.15) is 5.10 Å². The summed E-state index contributed by atoms with van der Waals surface area (Å²) in [6, 6.07) is 13.9. The molecule has 146 valence electrons. The van der Waals surface area contributed by atoms with Gasteiger partial charge in [0.2, 0.25) is 5.91 Å². The lowest BCUT2D eigenvalue weighted by atomic mass is 10.1. The van der Waals surface area contributed by atoms with Gasteiger partial charge in [0.15, 0.2) is 5.52 Å². The van der Waals surface area contributed by atoms with Crippen LogP contribution in [-0.2, 0) is 11.3 Å². The molecule has 0 saturated carbocycles. The van der Waals surface area contributed by atoms with Gasteiger partial charge in [-0.1, -0.05) is 41.4 Å². The molecule has 0 atom stereocenters. The quantitative estimate of drug-likeness (QED) is 0.491. The molecule has 0 aliphatic heterocycles.